The van der Waals surface area contributed by atoms with Crippen LogP contribution in [0.3, 0.4) is 0 Å². The lowest BCUT2D eigenvalue weighted by Gasteiger charge is -2.09. The quantitative estimate of drug-likeness (QED) is 0.741. The highest BCUT2D eigenvalue weighted by atomic mass is 79.9. The predicted octanol–water partition coefficient (Wildman–Crippen LogP) is 0.179. The van der Waals surface area contributed by atoms with Gasteiger partial charge in [-0.25, -0.2) is 4.68 Å². The molecule has 18 heavy (non-hydrogen) atoms. The lowest BCUT2D eigenvalue weighted by Crippen LogP contribution is -2.26. The summed E-state index contributed by atoms with van der Waals surface area (Å²) in [6.07, 6.45) is 1.51. The molecular weight excluding hydrogens is 322 g/mol. The molecule has 1 rings (SSSR count). The molecule has 1 aromatic rings. The van der Waals surface area contributed by atoms with Crippen LogP contribution in [0.1, 0.15) is 6.92 Å². The van der Waals surface area contributed by atoms with E-state index in [-0.39, 0.29) is 18.7 Å². The highest BCUT2D eigenvalue weighted by Gasteiger charge is 2.08. The summed E-state index contributed by atoms with van der Waals surface area (Å²) in [7, 11) is -0.835. The van der Waals surface area contributed by atoms with Crippen molar-refractivity contribution in [3.8, 4) is 0 Å². The average Bonchev–Trinajstić information content (AvgIpc) is 2.37. The van der Waals surface area contributed by atoms with Crippen molar-refractivity contribution < 1.29 is 9.32 Å². The Bertz CT molecular complexity index is 478. The Hall–Kier alpha value is -0.730. The van der Waals surface area contributed by atoms with Crippen molar-refractivity contribution in [2.24, 2.45) is 0 Å². The van der Waals surface area contributed by atoms with E-state index in [2.05, 4.69) is 26.3 Å². The Kier molecular flexibility index (Phi) is 6.51. The average molecular weight is 338 g/mol. The zero-order valence-electron chi connectivity index (χ0n) is 10.1. The molecule has 8 heteroatoms. The SMILES string of the molecule is CCS(=O)CCNc1cnn(CCO)c(=O)c1Br. The molecule has 0 saturated heterocycles. The van der Waals surface area contributed by atoms with Crippen LogP contribution >= 0.6 is 15.9 Å². The number of aliphatic hydroxyl groups excluding tert-OH is 1. The van der Waals surface area contributed by atoms with Gasteiger partial charge in [0.05, 0.1) is 25.0 Å². The lowest BCUT2D eigenvalue weighted by atomic mass is 10.4. The molecule has 0 aliphatic rings. The normalized spacial score (nSPS) is 12.4. The zero-order chi connectivity index (χ0) is 13.5. The van der Waals surface area contributed by atoms with E-state index in [1.165, 1.54) is 10.9 Å². The van der Waals surface area contributed by atoms with Gasteiger partial charge in [-0.3, -0.25) is 9.00 Å². The van der Waals surface area contributed by atoms with Crippen LogP contribution in [0, 0.1) is 0 Å². The fourth-order valence-corrected chi connectivity index (χ4v) is 2.35. The van der Waals surface area contributed by atoms with Gasteiger partial charge in [0.1, 0.15) is 4.47 Å². The summed E-state index contributed by atoms with van der Waals surface area (Å²) >= 11 is 3.19. The Balaban J connectivity index is 2.70. The predicted molar refractivity (Wildman–Crippen MR) is 75.3 cm³/mol. The highest BCUT2D eigenvalue weighted by molar-refractivity contribution is 9.10. The highest BCUT2D eigenvalue weighted by Crippen LogP contribution is 2.15. The monoisotopic (exact) mass is 337 g/mol. The molecule has 1 heterocycles. The number of aliphatic hydroxyl groups is 1. The van der Waals surface area contributed by atoms with Crippen LogP contribution in [0.4, 0.5) is 5.69 Å². The van der Waals surface area contributed by atoms with E-state index in [1.54, 1.807) is 0 Å². The van der Waals surface area contributed by atoms with Gasteiger partial charge in [-0.1, -0.05) is 6.92 Å². The molecule has 0 aromatic carbocycles. The van der Waals surface area contributed by atoms with Gasteiger partial charge in [-0.2, -0.15) is 5.10 Å². The van der Waals surface area contributed by atoms with Gasteiger partial charge in [0, 0.05) is 28.9 Å². The van der Waals surface area contributed by atoms with Crippen LogP contribution in [0.15, 0.2) is 15.5 Å². The van der Waals surface area contributed by atoms with Crippen LogP contribution in [0.5, 0.6) is 0 Å². The first-order valence-corrected chi connectivity index (χ1v) is 7.83. The van der Waals surface area contributed by atoms with E-state index in [9.17, 15) is 9.00 Å². The molecule has 2 N–H and O–H groups in total. The molecule has 1 atom stereocenters. The molecule has 0 spiro atoms. The van der Waals surface area contributed by atoms with Crippen molar-refractivity contribution in [1.82, 2.24) is 9.78 Å². The van der Waals surface area contributed by atoms with E-state index in [0.717, 1.165) is 0 Å². The third kappa shape index (κ3) is 4.18. The fraction of sp³-hybridized carbons (Fsp3) is 0.600. The number of hydrogen-bond acceptors (Lipinski definition) is 5. The van der Waals surface area contributed by atoms with Gasteiger partial charge in [0.2, 0.25) is 0 Å². The summed E-state index contributed by atoms with van der Waals surface area (Å²) in [5.74, 6) is 1.15. The van der Waals surface area contributed by atoms with Crippen molar-refractivity contribution in [1.29, 1.82) is 0 Å². The molecular formula is C10H16BrN3O3S. The maximum atomic E-state index is 11.8. The standard InChI is InChI=1S/C10H16BrN3O3S/c1-2-18(17)6-3-12-8-7-13-14(4-5-15)10(16)9(8)11/h7,12,15H,2-6H2,1H3. The maximum absolute atomic E-state index is 11.8. The van der Waals surface area contributed by atoms with Crippen LogP contribution in [0.25, 0.3) is 0 Å². The minimum Gasteiger partial charge on any atom is -0.394 e. The largest absolute Gasteiger partial charge is 0.394 e. The Morgan fingerprint density at radius 1 is 1.61 bits per heavy atom. The Morgan fingerprint density at radius 2 is 2.33 bits per heavy atom. The van der Waals surface area contributed by atoms with E-state index in [4.69, 9.17) is 5.11 Å². The molecule has 1 aromatic heterocycles. The molecule has 0 aliphatic heterocycles. The number of aromatic nitrogens is 2. The molecule has 1 unspecified atom stereocenters. The Morgan fingerprint density at radius 3 is 2.94 bits per heavy atom. The van der Waals surface area contributed by atoms with Crippen molar-refractivity contribution in [2.45, 2.75) is 13.5 Å². The van der Waals surface area contributed by atoms with Gasteiger partial charge < -0.3 is 10.4 Å². The summed E-state index contributed by atoms with van der Waals surface area (Å²) in [4.78, 5) is 11.8. The van der Waals surface area contributed by atoms with Crippen molar-refractivity contribution >= 4 is 32.4 Å². The maximum Gasteiger partial charge on any atom is 0.283 e. The molecule has 6 nitrogen and oxygen atoms in total. The molecule has 0 bridgehead atoms. The first kappa shape index (κ1) is 15.3. The molecule has 0 saturated carbocycles. The summed E-state index contributed by atoms with van der Waals surface area (Å²) in [6, 6.07) is 0. The van der Waals surface area contributed by atoms with Crippen molar-refractivity contribution in [2.75, 3.05) is 30.0 Å². The topological polar surface area (TPSA) is 84.2 Å². The number of halogens is 1. The second-order valence-corrected chi connectivity index (χ2v) is 6.14. The van der Waals surface area contributed by atoms with Gasteiger partial charge >= 0.3 is 0 Å². The molecule has 0 amide bonds. The first-order chi connectivity index (χ1) is 8.60. The van der Waals surface area contributed by atoms with E-state index < -0.39 is 10.8 Å². The van der Waals surface area contributed by atoms with Gasteiger partial charge in [0.15, 0.2) is 0 Å². The van der Waals surface area contributed by atoms with Crippen LogP contribution in [0.2, 0.25) is 0 Å². The smallest absolute Gasteiger partial charge is 0.283 e. The van der Waals surface area contributed by atoms with Crippen molar-refractivity contribution in [3.63, 3.8) is 0 Å². The molecule has 0 radical (unpaired) electrons. The van der Waals surface area contributed by atoms with E-state index >= 15 is 0 Å². The summed E-state index contributed by atoms with van der Waals surface area (Å²) in [5, 5.41) is 15.7. The van der Waals surface area contributed by atoms with Crippen LogP contribution in [-0.2, 0) is 17.3 Å². The zero-order valence-corrected chi connectivity index (χ0v) is 12.5. The number of nitrogens with one attached hydrogen (secondary N) is 1. The summed E-state index contributed by atoms with van der Waals surface area (Å²) < 4.78 is 12.8. The van der Waals surface area contributed by atoms with Gasteiger partial charge in [-0.05, 0) is 15.9 Å². The second-order valence-electron chi connectivity index (χ2n) is 3.48. The Labute approximate surface area is 116 Å². The summed E-state index contributed by atoms with van der Waals surface area (Å²) in [5.41, 5.74) is 0.271. The summed E-state index contributed by atoms with van der Waals surface area (Å²) in [6.45, 7) is 2.41. The van der Waals surface area contributed by atoms with E-state index in [0.29, 0.717) is 28.2 Å². The number of rotatable bonds is 7. The van der Waals surface area contributed by atoms with Crippen LogP contribution < -0.4 is 10.9 Å². The van der Waals surface area contributed by atoms with Gasteiger partial charge in [0.25, 0.3) is 5.56 Å². The molecule has 0 fully saturated rings. The van der Waals surface area contributed by atoms with E-state index in [1.807, 2.05) is 6.92 Å². The second kappa shape index (κ2) is 7.65. The number of hydrogen-bond donors (Lipinski definition) is 2. The lowest BCUT2D eigenvalue weighted by molar-refractivity contribution is 0.266. The van der Waals surface area contributed by atoms with Crippen LogP contribution in [-0.4, -0.2) is 43.8 Å². The van der Waals surface area contributed by atoms with Crippen molar-refractivity contribution in [3.05, 3.63) is 21.0 Å². The number of nitrogens with zero attached hydrogens (tertiary/aromatic N) is 2. The molecule has 0 aliphatic carbocycles. The fourth-order valence-electron chi connectivity index (χ4n) is 1.29. The molecule has 102 valence electrons. The third-order valence-corrected chi connectivity index (χ3v) is 4.33. The first-order valence-electron chi connectivity index (χ1n) is 5.55. The minimum atomic E-state index is -0.835. The van der Waals surface area contributed by atoms with Gasteiger partial charge in [-0.15, -0.1) is 0 Å². The third-order valence-electron chi connectivity index (χ3n) is 2.26. The minimum absolute atomic E-state index is 0.137. The number of anilines is 1.